The molecule has 1 aromatic carbocycles. The van der Waals surface area contributed by atoms with Gasteiger partial charge in [0.05, 0.1) is 18.6 Å². The van der Waals surface area contributed by atoms with E-state index in [9.17, 15) is 9.59 Å². The Hall–Kier alpha value is -1.30. The molecule has 7 heteroatoms. The summed E-state index contributed by atoms with van der Waals surface area (Å²) in [6, 6.07) is 5.10. The van der Waals surface area contributed by atoms with Gasteiger partial charge in [-0.2, -0.15) is 0 Å². The van der Waals surface area contributed by atoms with Gasteiger partial charge in [0.2, 0.25) is 5.91 Å². The van der Waals surface area contributed by atoms with Gasteiger partial charge >= 0.3 is 5.97 Å². The van der Waals surface area contributed by atoms with Crippen molar-refractivity contribution in [3.63, 3.8) is 0 Å². The molecule has 2 N–H and O–H groups in total. The molecule has 0 aromatic heterocycles. The highest BCUT2D eigenvalue weighted by Crippen LogP contribution is 2.22. The smallest absolute Gasteiger partial charge is 0.305 e. The number of aliphatic carboxylic acids is 1. The minimum atomic E-state index is -0.999. The summed E-state index contributed by atoms with van der Waals surface area (Å²) in [6.07, 6.45) is 0.423. The molecule has 1 unspecified atom stereocenters. The second-order valence-corrected chi connectivity index (χ2v) is 6.19. The second-order valence-electron chi connectivity index (χ2n) is 5.35. The van der Waals surface area contributed by atoms with Crippen LogP contribution in [0.25, 0.3) is 0 Å². The molecule has 1 rings (SSSR count). The monoisotopic (exact) mass is 347 g/mol. The molecule has 122 valence electrons. The Bertz CT molecular complexity index is 550. The zero-order chi connectivity index (χ0) is 16.8. The predicted molar refractivity (Wildman–Crippen MR) is 85.5 cm³/mol. The number of carbonyl (C=O) groups is 2. The predicted octanol–water partition coefficient (Wildman–Crippen LogP) is 2.92. The molecule has 1 amide bonds. The number of methoxy groups -OCH3 is 1. The lowest BCUT2D eigenvalue weighted by molar-refractivity contribution is -0.139. The average Bonchev–Trinajstić information content (AvgIpc) is 2.36. The third-order valence-corrected chi connectivity index (χ3v) is 3.67. The van der Waals surface area contributed by atoms with Gasteiger partial charge in [-0.05, 0) is 31.0 Å². The highest BCUT2D eigenvalue weighted by atomic mass is 35.5. The van der Waals surface area contributed by atoms with Crippen molar-refractivity contribution < 1.29 is 19.4 Å². The minimum absolute atomic E-state index is 0.118. The summed E-state index contributed by atoms with van der Waals surface area (Å²) in [7, 11) is 1.46. The van der Waals surface area contributed by atoms with Crippen molar-refractivity contribution in [3.05, 3.63) is 33.8 Å². The van der Waals surface area contributed by atoms with Gasteiger partial charge in [-0.25, -0.2) is 0 Å². The van der Waals surface area contributed by atoms with Crippen molar-refractivity contribution in [2.75, 3.05) is 13.7 Å². The quantitative estimate of drug-likeness (QED) is 0.757. The van der Waals surface area contributed by atoms with E-state index in [1.807, 2.05) is 0 Å². The Morgan fingerprint density at radius 1 is 1.36 bits per heavy atom. The fourth-order valence-corrected chi connectivity index (χ4v) is 2.66. The van der Waals surface area contributed by atoms with E-state index >= 15 is 0 Å². The summed E-state index contributed by atoms with van der Waals surface area (Å²) in [6.45, 7) is 1.75. The molecule has 1 aromatic rings. The van der Waals surface area contributed by atoms with E-state index in [1.165, 1.54) is 7.11 Å². The molecule has 0 heterocycles. The van der Waals surface area contributed by atoms with Crippen LogP contribution in [0, 0.1) is 0 Å². The number of carboxylic acids is 1. The second kappa shape index (κ2) is 8.36. The van der Waals surface area contributed by atoms with Gasteiger partial charge in [0, 0.05) is 23.6 Å². The molecule has 0 saturated carbocycles. The summed E-state index contributed by atoms with van der Waals surface area (Å²) >= 11 is 11.9. The molecular weight excluding hydrogens is 329 g/mol. The summed E-state index contributed by atoms with van der Waals surface area (Å²) in [5.41, 5.74) is -0.130. The number of halogens is 2. The van der Waals surface area contributed by atoms with Crippen molar-refractivity contribution in [3.8, 4) is 0 Å². The summed E-state index contributed by atoms with van der Waals surface area (Å²) < 4.78 is 4.99. The van der Waals surface area contributed by atoms with Crippen LogP contribution < -0.4 is 5.32 Å². The fraction of sp³-hybridized carbons (Fsp3) is 0.467. The van der Waals surface area contributed by atoms with Crippen LogP contribution in [0.3, 0.4) is 0 Å². The van der Waals surface area contributed by atoms with Crippen LogP contribution in [0.5, 0.6) is 0 Å². The van der Waals surface area contributed by atoms with Gasteiger partial charge in [-0.1, -0.05) is 29.3 Å². The summed E-state index contributed by atoms with van der Waals surface area (Å²) in [5, 5.41) is 12.7. The number of ether oxygens (including phenoxy) is 1. The van der Waals surface area contributed by atoms with Gasteiger partial charge in [0.1, 0.15) is 0 Å². The van der Waals surface area contributed by atoms with E-state index < -0.39 is 11.5 Å². The highest BCUT2D eigenvalue weighted by molar-refractivity contribution is 6.35. The Morgan fingerprint density at radius 3 is 2.59 bits per heavy atom. The first kappa shape index (κ1) is 18.7. The molecular formula is C15H19Cl2NO4. The van der Waals surface area contributed by atoms with Crippen molar-refractivity contribution in [1.82, 2.24) is 5.32 Å². The Morgan fingerprint density at radius 2 is 2.05 bits per heavy atom. The summed E-state index contributed by atoms with van der Waals surface area (Å²) in [4.78, 5) is 22.9. The largest absolute Gasteiger partial charge is 0.481 e. The molecule has 0 fully saturated rings. The van der Waals surface area contributed by atoms with E-state index in [0.29, 0.717) is 16.5 Å². The van der Waals surface area contributed by atoms with Gasteiger partial charge in [0.25, 0.3) is 0 Å². The maximum Gasteiger partial charge on any atom is 0.305 e. The summed E-state index contributed by atoms with van der Waals surface area (Å²) in [5.74, 6) is -1.26. The maximum atomic E-state index is 12.0. The molecule has 0 bridgehead atoms. The molecule has 1 atom stereocenters. The van der Waals surface area contributed by atoms with Gasteiger partial charge in [-0.15, -0.1) is 0 Å². The van der Waals surface area contributed by atoms with Crippen molar-refractivity contribution in [2.24, 2.45) is 0 Å². The number of rotatable bonds is 8. The molecule has 22 heavy (non-hydrogen) atoms. The first-order valence-corrected chi connectivity index (χ1v) is 7.47. The fourth-order valence-electron chi connectivity index (χ4n) is 2.16. The lowest BCUT2D eigenvalue weighted by atomic mass is 9.98. The molecule has 0 spiro atoms. The van der Waals surface area contributed by atoms with E-state index in [-0.39, 0.29) is 25.4 Å². The Labute approximate surface area is 139 Å². The van der Waals surface area contributed by atoms with Crippen molar-refractivity contribution in [2.45, 2.75) is 31.7 Å². The number of nitrogens with one attached hydrogen (secondary N) is 1. The zero-order valence-electron chi connectivity index (χ0n) is 12.5. The highest BCUT2D eigenvalue weighted by Gasteiger charge is 2.29. The SMILES string of the molecule is COCC(C)(CC(=O)O)NC(=O)CCc1ccc(Cl)cc1Cl. The molecule has 0 aliphatic heterocycles. The van der Waals surface area contributed by atoms with Crippen molar-refractivity contribution in [1.29, 1.82) is 0 Å². The molecule has 0 radical (unpaired) electrons. The number of carboxylic acid groups (broad SMARTS) is 1. The lowest BCUT2D eigenvalue weighted by Gasteiger charge is -2.28. The number of hydrogen-bond donors (Lipinski definition) is 2. The zero-order valence-corrected chi connectivity index (χ0v) is 14.0. The Kier molecular flexibility index (Phi) is 7.13. The lowest BCUT2D eigenvalue weighted by Crippen LogP contribution is -2.50. The normalized spacial score (nSPS) is 13.5. The molecule has 5 nitrogen and oxygen atoms in total. The van der Waals surface area contributed by atoms with Crippen LogP contribution in [-0.4, -0.2) is 36.2 Å². The third kappa shape index (κ3) is 6.22. The van der Waals surface area contributed by atoms with Crippen LogP contribution in [0.15, 0.2) is 18.2 Å². The minimum Gasteiger partial charge on any atom is -0.481 e. The Balaban J connectivity index is 2.62. The number of benzene rings is 1. The van der Waals surface area contributed by atoms with Gasteiger partial charge < -0.3 is 15.2 Å². The number of aryl methyl sites for hydroxylation is 1. The van der Waals surface area contributed by atoms with Crippen LogP contribution in [0.1, 0.15) is 25.3 Å². The maximum absolute atomic E-state index is 12.0. The number of amides is 1. The number of carbonyl (C=O) groups excluding carboxylic acids is 1. The van der Waals surface area contributed by atoms with Crippen LogP contribution in [0.4, 0.5) is 0 Å². The molecule has 0 saturated heterocycles. The molecule has 0 aliphatic rings. The van der Waals surface area contributed by atoms with Crippen molar-refractivity contribution >= 4 is 35.1 Å². The topological polar surface area (TPSA) is 75.6 Å². The van der Waals surface area contributed by atoms with E-state index in [0.717, 1.165) is 5.56 Å². The van der Waals surface area contributed by atoms with Crippen LogP contribution >= 0.6 is 23.2 Å². The van der Waals surface area contributed by atoms with Gasteiger partial charge in [0.15, 0.2) is 0 Å². The van der Waals surface area contributed by atoms with E-state index in [1.54, 1.807) is 25.1 Å². The van der Waals surface area contributed by atoms with Crippen LogP contribution in [-0.2, 0) is 20.7 Å². The standard InChI is InChI=1S/C15H19Cl2NO4/c1-15(9-22-2,8-14(20)21)18-13(19)6-4-10-3-5-11(16)7-12(10)17/h3,5,7H,4,6,8-9H2,1-2H3,(H,18,19)(H,20,21). The van der Waals surface area contributed by atoms with Crippen LogP contribution in [0.2, 0.25) is 10.0 Å². The van der Waals surface area contributed by atoms with Gasteiger partial charge in [-0.3, -0.25) is 9.59 Å². The third-order valence-electron chi connectivity index (χ3n) is 3.08. The first-order chi connectivity index (χ1) is 10.3. The average molecular weight is 348 g/mol. The first-order valence-electron chi connectivity index (χ1n) is 6.71. The number of hydrogen-bond acceptors (Lipinski definition) is 3. The van der Waals surface area contributed by atoms with E-state index in [2.05, 4.69) is 5.32 Å². The van der Waals surface area contributed by atoms with E-state index in [4.69, 9.17) is 33.0 Å². The molecule has 0 aliphatic carbocycles.